The van der Waals surface area contributed by atoms with Crippen LogP contribution in [0.1, 0.15) is 25.0 Å². The van der Waals surface area contributed by atoms with Crippen molar-refractivity contribution in [3.05, 3.63) is 35.4 Å². The minimum Gasteiger partial charge on any atom is -0.374 e. The first-order valence-electron chi connectivity index (χ1n) is 5.12. The van der Waals surface area contributed by atoms with E-state index in [2.05, 4.69) is 24.3 Å². The van der Waals surface area contributed by atoms with Gasteiger partial charge in [-0.2, -0.15) is 0 Å². The lowest BCUT2D eigenvalue weighted by atomic mass is 10.1. The Labute approximate surface area is 86.1 Å². The summed E-state index contributed by atoms with van der Waals surface area (Å²) in [6, 6.07) is 8.44. The quantitative estimate of drug-likeness (QED) is 0.777. The second-order valence-electron chi connectivity index (χ2n) is 3.71. The van der Waals surface area contributed by atoms with Crippen molar-refractivity contribution >= 4 is 0 Å². The largest absolute Gasteiger partial charge is 0.374 e. The van der Waals surface area contributed by atoms with Gasteiger partial charge in [0, 0.05) is 0 Å². The van der Waals surface area contributed by atoms with E-state index < -0.39 is 0 Å². The van der Waals surface area contributed by atoms with Crippen molar-refractivity contribution in [3.63, 3.8) is 0 Å². The molecular weight excluding hydrogens is 174 g/mol. The molecule has 0 bridgehead atoms. The Morgan fingerprint density at radius 1 is 1.14 bits per heavy atom. The van der Waals surface area contributed by atoms with Crippen LogP contribution < -0.4 is 5.73 Å². The maximum atomic E-state index is 5.50. The molecule has 1 aromatic rings. The summed E-state index contributed by atoms with van der Waals surface area (Å²) in [5.74, 6) is 0. The van der Waals surface area contributed by atoms with Gasteiger partial charge in [0.1, 0.15) is 0 Å². The summed E-state index contributed by atoms with van der Waals surface area (Å²) in [7, 11) is 0. The van der Waals surface area contributed by atoms with E-state index in [1.807, 2.05) is 13.8 Å². The highest BCUT2D eigenvalue weighted by atomic mass is 16.5. The Kier molecular flexibility index (Phi) is 4.63. The van der Waals surface area contributed by atoms with Crippen molar-refractivity contribution in [1.82, 2.24) is 0 Å². The van der Waals surface area contributed by atoms with Gasteiger partial charge in [-0.25, -0.2) is 0 Å². The van der Waals surface area contributed by atoms with Crippen LogP contribution >= 0.6 is 0 Å². The van der Waals surface area contributed by atoms with E-state index in [0.717, 1.165) is 6.42 Å². The highest BCUT2D eigenvalue weighted by Gasteiger charge is 1.96. The maximum Gasteiger partial charge on any atom is 0.0720 e. The predicted molar refractivity (Wildman–Crippen MR) is 59.1 cm³/mol. The zero-order valence-corrected chi connectivity index (χ0v) is 8.99. The van der Waals surface area contributed by atoms with E-state index in [0.29, 0.717) is 19.3 Å². The van der Waals surface area contributed by atoms with Gasteiger partial charge in [0.05, 0.1) is 12.7 Å². The first kappa shape index (κ1) is 11.2. The number of ether oxygens (including phenoxy) is 1. The Bertz CT molecular complexity index is 254. The maximum absolute atomic E-state index is 5.50. The van der Waals surface area contributed by atoms with Crippen molar-refractivity contribution < 1.29 is 4.74 Å². The van der Waals surface area contributed by atoms with Gasteiger partial charge in [-0.15, -0.1) is 0 Å². The van der Waals surface area contributed by atoms with Gasteiger partial charge < -0.3 is 10.5 Å². The Balaban J connectivity index is 2.46. The van der Waals surface area contributed by atoms with Crippen molar-refractivity contribution in [3.8, 4) is 0 Å². The number of benzene rings is 1. The minimum atomic E-state index is 0.290. The Morgan fingerprint density at radius 3 is 2.21 bits per heavy atom. The highest BCUT2D eigenvalue weighted by Crippen LogP contribution is 2.07. The molecule has 0 unspecified atom stereocenters. The fraction of sp³-hybridized carbons (Fsp3) is 0.500. The van der Waals surface area contributed by atoms with Gasteiger partial charge in [-0.3, -0.25) is 0 Å². The van der Waals surface area contributed by atoms with Crippen LogP contribution in [0.15, 0.2) is 24.3 Å². The summed E-state index contributed by atoms with van der Waals surface area (Å²) in [4.78, 5) is 0. The van der Waals surface area contributed by atoms with Crippen LogP contribution in [0.4, 0.5) is 0 Å². The summed E-state index contributed by atoms with van der Waals surface area (Å²) in [5, 5.41) is 0. The predicted octanol–water partition coefficient (Wildman–Crippen LogP) is 2.11. The summed E-state index contributed by atoms with van der Waals surface area (Å²) in [6.07, 6.45) is 1.24. The van der Waals surface area contributed by atoms with Gasteiger partial charge >= 0.3 is 0 Å². The SMILES string of the molecule is CC(C)OCc1ccc(CCN)cc1. The molecule has 14 heavy (non-hydrogen) atoms. The van der Waals surface area contributed by atoms with E-state index in [4.69, 9.17) is 10.5 Å². The monoisotopic (exact) mass is 193 g/mol. The van der Waals surface area contributed by atoms with Gasteiger partial charge in [0.15, 0.2) is 0 Å². The number of hydrogen-bond donors (Lipinski definition) is 1. The zero-order chi connectivity index (χ0) is 10.4. The second kappa shape index (κ2) is 5.78. The molecule has 0 aliphatic carbocycles. The third-order valence-corrected chi connectivity index (χ3v) is 2.04. The lowest BCUT2D eigenvalue weighted by molar-refractivity contribution is 0.0657. The van der Waals surface area contributed by atoms with E-state index in [1.165, 1.54) is 11.1 Å². The van der Waals surface area contributed by atoms with Crippen LogP contribution in [0.3, 0.4) is 0 Å². The van der Waals surface area contributed by atoms with E-state index in [9.17, 15) is 0 Å². The fourth-order valence-electron chi connectivity index (χ4n) is 1.23. The zero-order valence-electron chi connectivity index (χ0n) is 8.99. The average Bonchev–Trinajstić information content (AvgIpc) is 2.17. The van der Waals surface area contributed by atoms with Gasteiger partial charge in [0.2, 0.25) is 0 Å². The standard InChI is InChI=1S/C12H19NO/c1-10(2)14-9-12-5-3-11(4-6-12)7-8-13/h3-6,10H,7-9,13H2,1-2H3. The Morgan fingerprint density at radius 2 is 1.71 bits per heavy atom. The molecule has 0 aliphatic rings. The van der Waals surface area contributed by atoms with Crippen LogP contribution in [0.2, 0.25) is 0 Å². The molecule has 0 atom stereocenters. The van der Waals surface area contributed by atoms with Gasteiger partial charge in [0.25, 0.3) is 0 Å². The fourth-order valence-corrected chi connectivity index (χ4v) is 1.23. The lowest BCUT2D eigenvalue weighted by Gasteiger charge is -2.07. The molecule has 1 rings (SSSR count). The molecule has 0 amide bonds. The number of hydrogen-bond acceptors (Lipinski definition) is 2. The topological polar surface area (TPSA) is 35.2 Å². The van der Waals surface area contributed by atoms with Crippen LogP contribution in [-0.4, -0.2) is 12.6 Å². The van der Waals surface area contributed by atoms with Gasteiger partial charge in [-0.05, 0) is 37.9 Å². The van der Waals surface area contributed by atoms with Crippen LogP contribution in [0, 0.1) is 0 Å². The molecule has 1 aromatic carbocycles. The molecule has 2 N–H and O–H groups in total. The number of nitrogens with two attached hydrogens (primary N) is 1. The molecule has 0 aliphatic heterocycles. The van der Waals surface area contributed by atoms with Crippen molar-refractivity contribution in [2.24, 2.45) is 5.73 Å². The second-order valence-corrected chi connectivity index (χ2v) is 3.71. The average molecular weight is 193 g/mol. The lowest BCUT2D eigenvalue weighted by Crippen LogP contribution is -2.04. The van der Waals surface area contributed by atoms with Crippen LogP contribution in [0.25, 0.3) is 0 Å². The normalized spacial score (nSPS) is 10.9. The molecule has 2 nitrogen and oxygen atoms in total. The molecule has 0 spiro atoms. The molecule has 0 heterocycles. The number of rotatable bonds is 5. The van der Waals surface area contributed by atoms with Gasteiger partial charge in [-0.1, -0.05) is 24.3 Å². The molecule has 0 radical (unpaired) electrons. The highest BCUT2D eigenvalue weighted by molar-refractivity contribution is 5.22. The molecule has 78 valence electrons. The first-order valence-corrected chi connectivity index (χ1v) is 5.12. The molecule has 2 heteroatoms. The Hall–Kier alpha value is -0.860. The summed E-state index contributed by atoms with van der Waals surface area (Å²) in [6.45, 7) is 5.49. The molecule has 0 aromatic heterocycles. The van der Waals surface area contributed by atoms with Crippen molar-refractivity contribution in [2.45, 2.75) is 33.0 Å². The molecule has 0 saturated carbocycles. The minimum absolute atomic E-state index is 0.290. The van der Waals surface area contributed by atoms with E-state index in [1.54, 1.807) is 0 Å². The molecular formula is C12H19NO. The van der Waals surface area contributed by atoms with E-state index in [-0.39, 0.29) is 0 Å². The van der Waals surface area contributed by atoms with Crippen molar-refractivity contribution in [2.75, 3.05) is 6.54 Å². The summed E-state index contributed by atoms with van der Waals surface area (Å²) < 4.78 is 5.50. The summed E-state index contributed by atoms with van der Waals surface area (Å²) in [5.41, 5.74) is 7.99. The first-order chi connectivity index (χ1) is 6.72. The van der Waals surface area contributed by atoms with Crippen LogP contribution in [-0.2, 0) is 17.8 Å². The molecule has 0 saturated heterocycles. The van der Waals surface area contributed by atoms with Crippen LogP contribution in [0.5, 0.6) is 0 Å². The third kappa shape index (κ3) is 3.90. The van der Waals surface area contributed by atoms with E-state index >= 15 is 0 Å². The third-order valence-electron chi connectivity index (χ3n) is 2.04. The summed E-state index contributed by atoms with van der Waals surface area (Å²) >= 11 is 0. The van der Waals surface area contributed by atoms with Crippen molar-refractivity contribution in [1.29, 1.82) is 0 Å². The smallest absolute Gasteiger partial charge is 0.0720 e. The molecule has 0 fully saturated rings.